The summed E-state index contributed by atoms with van der Waals surface area (Å²) in [7, 11) is 1.43. The number of hydrogen-bond acceptors (Lipinski definition) is 4. The maximum Gasteiger partial charge on any atom is 0.332 e. The Morgan fingerprint density at radius 1 is 1.39 bits per heavy atom. The van der Waals surface area contributed by atoms with Gasteiger partial charge in [0.15, 0.2) is 6.04 Å². The molecule has 3 nitrogen and oxygen atoms in total. The molecule has 0 N–H and O–H groups in total. The first-order chi connectivity index (χ1) is 8.64. The summed E-state index contributed by atoms with van der Waals surface area (Å²) in [4.78, 5) is 16.3. The number of aliphatic imine (C=N–C) groups is 1. The lowest BCUT2D eigenvalue weighted by Crippen LogP contribution is -2.29. The Balaban J connectivity index is 1.90. The summed E-state index contributed by atoms with van der Waals surface area (Å²) >= 11 is 1.74. The van der Waals surface area contributed by atoms with Gasteiger partial charge in [0.25, 0.3) is 0 Å². The standard InChI is InChI=1S/C14H15NO2S/c1-9-3-5-10(6-4-9)12-15-11(13(16)17-2)14(18-12)7-8-14/h3-6,11H,7-8H2,1-2H3. The number of benzene rings is 1. The normalized spacial score (nSPS) is 23.9. The van der Waals surface area contributed by atoms with E-state index in [1.807, 2.05) is 0 Å². The minimum atomic E-state index is -0.316. The largest absolute Gasteiger partial charge is 0.467 e. The quantitative estimate of drug-likeness (QED) is 0.768. The highest BCUT2D eigenvalue weighted by molar-refractivity contribution is 8.16. The Morgan fingerprint density at radius 2 is 2.06 bits per heavy atom. The second kappa shape index (κ2) is 4.12. The maximum absolute atomic E-state index is 11.8. The van der Waals surface area contributed by atoms with Crippen LogP contribution >= 0.6 is 11.8 Å². The van der Waals surface area contributed by atoms with E-state index < -0.39 is 0 Å². The van der Waals surface area contributed by atoms with Crippen molar-refractivity contribution in [1.29, 1.82) is 0 Å². The smallest absolute Gasteiger partial charge is 0.332 e. The van der Waals surface area contributed by atoms with Gasteiger partial charge in [-0.3, -0.25) is 4.99 Å². The number of nitrogens with zero attached hydrogens (tertiary/aromatic N) is 1. The maximum atomic E-state index is 11.8. The van der Waals surface area contributed by atoms with Gasteiger partial charge in [0.1, 0.15) is 0 Å². The van der Waals surface area contributed by atoms with Crippen molar-refractivity contribution in [3.63, 3.8) is 0 Å². The molecule has 1 fully saturated rings. The van der Waals surface area contributed by atoms with Crippen LogP contribution in [0.25, 0.3) is 0 Å². The van der Waals surface area contributed by atoms with Gasteiger partial charge in [0.05, 0.1) is 16.9 Å². The van der Waals surface area contributed by atoms with E-state index in [-0.39, 0.29) is 16.8 Å². The predicted octanol–water partition coefficient (Wildman–Crippen LogP) is 2.56. The molecule has 94 valence electrons. The zero-order chi connectivity index (χ0) is 12.8. The molecule has 0 amide bonds. The molecule has 1 heterocycles. The average molecular weight is 261 g/mol. The fourth-order valence-corrected chi connectivity index (χ4v) is 3.58. The molecule has 1 spiro atoms. The number of rotatable bonds is 2. The van der Waals surface area contributed by atoms with Crippen LogP contribution in [-0.2, 0) is 9.53 Å². The number of esters is 1. The molecule has 3 rings (SSSR count). The summed E-state index contributed by atoms with van der Waals surface area (Å²) in [6.07, 6.45) is 2.10. The molecule has 1 aromatic rings. The number of hydrogen-bond donors (Lipinski definition) is 0. The molecule has 1 aliphatic heterocycles. The van der Waals surface area contributed by atoms with Crippen molar-refractivity contribution in [1.82, 2.24) is 0 Å². The minimum absolute atomic E-state index is 0.00663. The van der Waals surface area contributed by atoms with Crippen LogP contribution in [0.4, 0.5) is 0 Å². The molecular weight excluding hydrogens is 246 g/mol. The van der Waals surface area contributed by atoms with Gasteiger partial charge in [-0.05, 0) is 19.8 Å². The van der Waals surface area contributed by atoms with Crippen molar-refractivity contribution in [3.05, 3.63) is 35.4 Å². The first-order valence-electron chi connectivity index (χ1n) is 6.06. The monoisotopic (exact) mass is 261 g/mol. The second-order valence-electron chi connectivity index (χ2n) is 4.89. The molecule has 0 aromatic heterocycles. The second-order valence-corrected chi connectivity index (χ2v) is 6.30. The van der Waals surface area contributed by atoms with Crippen molar-refractivity contribution in [3.8, 4) is 0 Å². The van der Waals surface area contributed by atoms with E-state index in [9.17, 15) is 4.79 Å². The third kappa shape index (κ3) is 1.85. The Bertz CT molecular complexity index is 517. The van der Waals surface area contributed by atoms with Crippen LogP contribution in [0, 0.1) is 6.92 Å². The van der Waals surface area contributed by atoms with Crippen LogP contribution in [0.15, 0.2) is 29.3 Å². The van der Waals surface area contributed by atoms with Crippen molar-refractivity contribution in [2.45, 2.75) is 30.6 Å². The van der Waals surface area contributed by atoms with Gasteiger partial charge in [-0.25, -0.2) is 4.79 Å². The topological polar surface area (TPSA) is 38.7 Å². The van der Waals surface area contributed by atoms with Gasteiger partial charge < -0.3 is 4.74 Å². The van der Waals surface area contributed by atoms with Crippen molar-refractivity contribution < 1.29 is 9.53 Å². The lowest BCUT2D eigenvalue weighted by Gasteiger charge is -2.12. The van der Waals surface area contributed by atoms with E-state index in [0.717, 1.165) is 23.4 Å². The summed E-state index contributed by atoms with van der Waals surface area (Å²) in [5.74, 6) is -0.206. The Hall–Kier alpha value is -1.29. The SMILES string of the molecule is COC(=O)C1N=C(c2ccc(C)cc2)SC12CC2. The van der Waals surface area contributed by atoms with E-state index in [2.05, 4.69) is 36.2 Å². The molecule has 1 unspecified atom stereocenters. The van der Waals surface area contributed by atoms with Crippen LogP contribution in [-0.4, -0.2) is 28.9 Å². The summed E-state index contributed by atoms with van der Waals surface area (Å²) in [6.45, 7) is 2.06. The van der Waals surface area contributed by atoms with E-state index in [1.54, 1.807) is 11.8 Å². The molecule has 1 saturated carbocycles. The Morgan fingerprint density at radius 3 is 2.61 bits per heavy atom. The molecular formula is C14H15NO2S. The highest BCUT2D eigenvalue weighted by Gasteiger charge is 2.58. The first kappa shape index (κ1) is 11.8. The molecule has 2 aliphatic rings. The van der Waals surface area contributed by atoms with E-state index in [4.69, 9.17) is 4.74 Å². The highest BCUT2D eigenvalue weighted by atomic mass is 32.2. The van der Waals surface area contributed by atoms with Crippen molar-refractivity contribution in [2.75, 3.05) is 7.11 Å². The number of aryl methyl sites for hydroxylation is 1. The van der Waals surface area contributed by atoms with Gasteiger partial charge in [0, 0.05) is 5.56 Å². The van der Waals surface area contributed by atoms with Crippen LogP contribution in [0.3, 0.4) is 0 Å². The fraction of sp³-hybridized carbons (Fsp3) is 0.429. The summed E-state index contributed by atoms with van der Waals surface area (Å²) in [5.41, 5.74) is 2.33. The van der Waals surface area contributed by atoms with Crippen LogP contribution in [0.1, 0.15) is 24.0 Å². The van der Waals surface area contributed by atoms with E-state index in [1.165, 1.54) is 12.7 Å². The molecule has 0 saturated heterocycles. The van der Waals surface area contributed by atoms with Crippen molar-refractivity contribution in [2.24, 2.45) is 4.99 Å². The molecule has 0 radical (unpaired) electrons. The number of methoxy groups -OCH3 is 1. The van der Waals surface area contributed by atoms with Gasteiger partial charge in [-0.15, -0.1) is 0 Å². The number of carbonyl (C=O) groups is 1. The average Bonchev–Trinajstić information content (AvgIpc) is 3.03. The molecule has 1 atom stereocenters. The third-order valence-electron chi connectivity index (χ3n) is 3.51. The van der Waals surface area contributed by atoms with Crippen molar-refractivity contribution >= 4 is 22.8 Å². The Kier molecular flexibility index (Phi) is 2.70. The minimum Gasteiger partial charge on any atom is -0.467 e. The number of thioether (sulfide) groups is 1. The molecule has 18 heavy (non-hydrogen) atoms. The van der Waals surface area contributed by atoms with Gasteiger partial charge >= 0.3 is 5.97 Å². The molecule has 4 heteroatoms. The molecule has 1 aliphatic carbocycles. The number of carbonyl (C=O) groups excluding carboxylic acids is 1. The van der Waals surface area contributed by atoms with Gasteiger partial charge in [-0.1, -0.05) is 41.6 Å². The van der Waals surface area contributed by atoms with E-state index >= 15 is 0 Å². The summed E-state index contributed by atoms with van der Waals surface area (Å²) in [6, 6.07) is 7.96. The zero-order valence-electron chi connectivity index (χ0n) is 10.5. The molecule has 1 aromatic carbocycles. The lowest BCUT2D eigenvalue weighted by atomic mass is 10.1. The highest BCUT2D eigenvalue weighted by Crippen LogP contribution is 2.57. The Labute approximate surface area is 111 Å². The zero-order valence-corrected chi connectivity index (χ0v) is 11.3. The van der Waals surface area contributed by atoms with Crippen LogP contribution in [0.5, 0.6) is 0 Å². The van der Waals surface area contributed by atoms with Crippen LogP contribution in [0.2, 0.25) is 0 Å². The fourth-order valence-electron chi connectivity index (χ4n) is 2.22. The van der Waals surface area contributed by atoms with Gasteiger partial charge in [0.2, 0.25) is 0 Å². The third-order valence-corrected chi connectivity index (χ3v) is 5.08. The van der Waals surface area contributed by atoms with E-state index in [0.29, 0.717) is 0 Å². The summed E-state index contributed by atoms with van der Waals surface area (Å²) in [5, 5.41) is 0.975. The van der Waals surface area contributed by atoms with Gasteiger partial charge in [-0.2, -0.15) is 0 Å². The summed E-state index contributed by atoms with van der Waals surface area (Å²) < 4.78 is 4.85. The number of ether oxygens (including phenoxy) is 1. The first-order valence-corrected chi connectivity index (χ1v) is 6.88. The van der Waals surface area contributed by atoms with Crippen LogP contribution < -0.4 is 0 Å². The molecule has 0 bridgehead atoms. The predicted molar refractivity (Wildman–Crippen MR) is 73.1 cm³/mol. The lowest BCUT2D eigenvalue weighted by molar-refractivity contribution is -0.142.